The summed E-state index contributed by atoms with van der Waals surface area (Å²) in [7, 11) is 2.99. The molecule has 0 radical (unpaired) electrons. The number of allylic oxidation sites excluding steroid dienone is 1. The first-order valence-corrected chi connectivity index (χ1v) is 9.77. The lowest BCUT2D eigenvalue weighted by Gasteiger charge is -2.08. The topological polar surface area (TPSA) is 57.5 Å². The van der Waals surface area contributed by atoms with Gasteiger partial charge in [0, 0.05) is 18.3 Å². The number of rotatable bonds is 9. The van der Waals surface area contributed by atoms with Crippen molar-refractivity contribution >= 4 is 17.8 Å². The van der Waals surface area contributed by atoms with Gasteiger partial charge in [-0.2, -0.15) is 0 Å². The lowest BCUT2D eigenvalue weighted by atomic mass is 10.1. The number of carbonyl (C=O) groups excluding carboxylic acids is 2. The molecule has 2 aromatic carbocycles. The molecule has 3 aromatic rings. The zero-order chi connectivity index (χ0) is 21.3. The van der Waals surface area contributed by atoms with Gasteiger partial charge in [-0.15, -0.1) is 0 Å². The number of esters is 1. The van der Waals surface area contributed by atoms with Gasteiger partial charge in [0.25, 0.3) is 0 Å². The number of aryl methyl sites for hydroxylation is 1. The number of hydrogen-bond donors (Lipinski definition) is 0. The van der Waals surface area contributed by atoms with E-state index in [1.807, 2.05) is 53.2 Å². The van der Waals surface area contributed by atoms with Crippen molar-refractivity contribution in [2.24, 2.45) is 0 Å². The smallest absolute Gasteiger partial charge is 0.309 e. The minimum absolute atomic E-state index is 0.0119. The molecular weight excluding hydrogens is 378 g/mol. The highest BCUT2D eigenvalue weighted by atomic mass is 16.5. The van der Waals surface area contributed by atoms with E-state index in [1.54, 1.807) is 31.4 Å². The molecule has 0 unspecified atom stereocenters. The van der Waals surface area contributed by atoms with E-state index in [-0.39, 0.29) is 18.2 Å². The van der Waals surface area contributed by atoms with Crippen LogP contribution >= 0.6 is 0 Å². The Bertz CT molecular complexity index is 1030. The molecule has 0 atom stereocenters. The van der Waals surface area contributed by atoms with Crippen LogP contribution in [0.3, 0.4) is 0 Å². The third kappa shape index (κ3) is 5.47. The fourth-order valence-corrected chi connectivity index (χ4v) is 3.18. The molecule has 154 valence electrons. The number of methoxy groups -OCH3 is 2. The first kappa shape index (κ1) is 21.1. The predicted octanol–water partition coefficient (Wildman–Crippen LogP) is 4.55. The van der Waals surface area contributed by atoms with Crippen LogP contribution in [-0.4, -0.2) is 30.5 Å². The highest BCUT2D eigenvalue weighted by Gasteiger charge is 2.13. The van der Waals surface area contributed by atoms with E-state index in [2.05, 4.69) is 6.08 Å². The Kier molecular flexibility index (Phi) is 7.22. The van der Waals surface area contributed by atoms with E-state index in [4.69, 9.17) is 9.47 Å². The zero-order valence-electron chi connectivity index (χ0n) is 17.2. The van der Waals surface area contributed by atoms with E-state index in [1.165, 1.54) is 7.11 Å². The van der Waals surface area contributed by atoms with Crippen LogP contribution in [0.25, 0.3) is 6.08 Å². The average Bonchev–Trinajstić information content (AvgIpc) is 3.25. The van der Waals surface area contributed by atoms with Crippen LogP contribution in [0.2, 0.25) is 0 Å². The van der Waals surface area contributed by atoms with Gasteiger partial charge < -0.3 is 14.0 Å². The normalized spacial score (nSPS) is 10.9. The molecule has 0 aliphatic rings. The molecule has 0 bridgehead atoms. The van der Waals surface area contributed by atoms with Crippen LogP contribution in [0, 0.1) is 0 Å². The summed E-state index contributed by atoms with van der Waals surface area (Å²) in [4.78, 5) is 24.2. The molecule has 5 heteroatoms. The third-order valence-corrected chi connectivity index (χ3v) is 4.79. The highest BCUT2D eigenvalue weighted by molar-refractivity contribution is 6.08. The quantitative estimate of drug-likeness (QED) is 0.389. The Morgan fingerprint density at radius 3 is 2.53 bits per heavy atom. The summed E-state index contributed by atoms with van der Waals surface area (Å²) < 4.78 is 11.8. The Hall–Kier alpha value is -3.60. The van der Waals surface area contributed by atoms with Crippen LogP contribution in [0.15, 0.2) is 72.9 Å². The molecule has 1 aromatic heterocycles. The van der Waals surface area contributed by atoms with Gasteiger partial charge in [0.05, 0.1) is 26.3 Å². The molecule has 0 fully saturated rings. The molecule has 30 heavy (non-hydrogen) atoms. The van der Waals surface area contributed by atoms with Gasteiger partial charge in [-0.25, -0.2) is 0 Å². The van der Waals surface area contributed by atoms with Crippen LogP contribution in [-0.2, 0) is 22.5 Å². The summed E-state index contributed by atoms with van der Waals surface area (Å²) in [5.74, 6) is 0.461. The third-order valence-electron chi connectivity index (χ3n) is 4.79. The van der Waals surface area contributed by atoms with Gasteiger partial charge in [-0.1, -0.05) is 36.4 Å². The Morgan fingerprint density at radius 2 is 1.80 bits per heavy atom. The van der Waals surface area contributed by atoms with Crippen LogP contribution in [0.4, 0.5) is 0 Å². The van der Waals surface area contributed by atoms with E-state index in [9.17, 15) is 9.59 Å². The lowest BCUT2D eigenvalue weighted by molar-refractivity contribution is -0.139. The summed E-state index contributed by atoms with van der Waals surface area (Å²) in [6, 6.07) is 18.7. The summed E-state index contributed by atoms with van der Waals surface area (Å²) in [5.41, 5.74) is 3.24. The Labute approximate surface area is 176 Å². The summed E-state index contributed by atoms with van der Waals surface area (Å²) >= 11 is 0. The van der Waals surface area contributed by atoms with Crippen LogP contribution < -0.4 is 4.74 Å². The maximum absolute atomic E-state index is 12.8. The molecule has 5 nitrogen and oxygen atoms in total. The molecule has 0 amide bonds. The second-order valence-corrected chi connectivity index (χ2v) is 6.83. The Morgan fingerprint density at radius 1 is 1.00 bits per heavy atom. The molecule has 0 N–H and O–H groups in total. The van der Waals surface area contributed by atoms with E-state index in [0.29, 0.717) is 17.8 Å². The molecule has 0 saturated heterocycles. The van der Waals surface area contributed by atoms with Crippen LogP contribution in [0.5, 0.6) is 5.75 Å². The molecular formula is C25H25NO4. The van der Waals surface area contributed by atoms with E-state index < -0.39 is 0 Å². The molecule has 0 saturated carbocycles. The number of carbonyl (C=O) groups is 2. The maximum atomic E-state index is 12.8. The minimum Gasteiger partial charge on any atom is -0.497 e. The van der Waals surface area contributed by atoms with Gasteiger partial charge in [-0.3, -0.25) is 9.59 Å². The van der Waals surface area contributed by atoms with Gasteiger partial charge in [0.2, 0.25) is 5.78 Å². The first-order valence-electron chi connectivity index (χ1n) is 9.77. The number of aromatic nitrogens is 1. The molecule has 1 heterocycles. The molecule has 3 rings (SSSR count). The monoisotopic (exact) mass is 403 g/mol. The van der Waals surface area contributed by atoms with Gasteiger partial charge >= 0.3 is 5.97 Å². The van der Waals surface area contributed by atoms with E-state index in [0.717, 1.165) is 23.3 Å². The summed E-state index contributed by atoms with van der Waals surface area (Å²) in [6.07, 6.45) is 7.05. The van der Waals surface area contributed by atoms with Gasteiger partial charge in [0.1, 0.15) is 5.75 Å². The number of hydrogen-bond acceptors (Lipinski definition) is 4. The second-order valence-electron chi connectivity index (χ2n) is 6.83. The number of ether oxygens (including phenoxy) is 2. The van der Waals surface area contributed by atoms with Gasteiger partial charge in [-0.05, 0) is 53.9 Å². The highest BCUT2D eigenvalue weighted by Crippen LogP contribution is 2.16. The first-order chi connectivity index (χ1) is 14.6. The lowest BCUT2D eigenvalue weighted by Crippen LogP contribution is -2.09. The van der Waals surface area contributed by atoms with Crippen molar-refractivity contribution in [3.63, 3.8) is 0 Å². The average molecular weight is 403 g/mol. The second kappa shape index (κ2) is 10.3. The van der Waals surface area contributed by atoms with Crippen molar-refractivity contribution in [1.82, 2.24) is 4.57 Å². The largest absolute Gasteiger partial charge is 0.497 e. The number of nitrogens with zero attached hydrogens (tertiary/aromatic N) is 1. The number of benzene rings is 2. The standard InChI is InChI=1S/C25H25NO4/c1-29-22-13-11-21(12-14-22)25(28)23-10-6-16-26(23)15-4-3-7-19-8-5-9-20(17-19)18-24(27)30-2/h3,5-14,16-17H,4,15,18H2,1-2H3. The van der Waals surface area contributed by atoms with Crippen LogP contribution in [0.1, 0.15) is 33.6 Å². The van der Waals surface area contributed by atoms with Crippen molar-refractivity contribution in [3.8, 4) is 5.75 Å². The molecule has 0 aliphatic heterocycles. The maximum Gasteiger partial charge on any atom is 0.309 e. The fraction of sp³-hybridized carbons (Fsp3) is 0.200. The SMILES string of the molecule is COC(=O)Cc1cccc(C=CCCn2cccc2C(=O)c2ccc(OC)cc2)c1. The molecule has 0 aliphatic carbocycles. The van der Waals surface area contributed by atoms with Gasteiger partial charge in [0.15, 0.2) is 0 Å². The summed E-state index contributed by atoms with van der Waals surface area (Å²) in [5, 5.41) is 0. The summed E-state index contributed by atoms with van der Waals surface area (Å²) in [6.45, 7) is 0.697. The van der Waals surface area contributed by atoms with Crippen molar-refractivity contribution in [1.29, 1.82) is 0 Å². The predicted molar refractivity (Wildman–Crippen MR) is 117 cm³/mol. The van der Waals surface area contributed by atoms with Crippen molar-refractivity contribution in [2.45, 2.75) is 19.4 Å². The van der Waals surface area contributed by atoms with E-state index >= 15 is 0 Å². The van der Waals surface area contributed by atoms with Crippen molar-refractivity contribution in [3.05, 3.63) is 95.3 Å². The zero-order valence-corrected chi connectivity index (χ0v) is 17.2. The minimum atomic E-state index is -0.252. The fourth-order valence-electron chi connectivity index (χ4n) is 3.18. The molecule has 0 spiro atoms. The van der Waals surface area contributed by atoms with Crippen molar-refractivity contribution < 1.29 is 19.1 Å². The Balaban J connectivity index is 1.61. The van der Waals surface area contributed by atoms with Crippen molar-refractivity contribution in [2.75, 3.05) is 14.2 Å². The number of ketones is 1.